The summed E-state index contributed by atoms with van der Waals surface area (Å²) in [4.78, 5) is 10.9. The maximum absolute atomic E-state index is 10.9. The second-order valence-electron chi connectivity index (χ2n) is 4.40. The molecular weight excluding hydrogens is 222 g/mol. The Kier molecular flexibility index (Phi) is 6.88. The number of aliphatic carboxylic acids is 1. The molecule has 1 aliphatic rings. The molecule has 16 heavy (non-hydrogen) atoms. The molecule has 0 radical (unpaired) electrons. The van der Waals surface area contributed by atoms with Crippen LogP contribution in [-0.4, -0.2) is 35.2 Å². The van der Waals surface area contributed by atoms with E-state index in [-0.39, 0.29) is 5.92 Å². The largest absolute Gasteiger partial charge is 0.481 e. The summed E-state index contributed by atoms with van der Waals surface area (Å²) in [6.07, 6.45) is 5.06. The maximum Gasteiger partial charge on any atom is 0.306 e. The molecule has 0 aromatic rings. The molecule has 0 saturated heterocycles. The van der Waals surface area contributed by atoms with Gasteiger partial charge in [0.1, 0.15) is 0 Å². The lowest BCUT2D eigenvalue weighted by Crippen LogP contribution is -2.37. The lowest BCUT2D eigenvalue weighted by atomic mass is 9.86. The van der Waals surface area contributed by atoms with Gasteiger partial charge in [-0.15, -0.1) is 0 Å². The Morgan fingerprint density at radius 1 is 1.50 bits per heavy atom. The molecule has 0 aliphatic heterocycles. The zero-order chi connectivity index (χ0) is 11.8. The smallest absolute Gasteiger partial charge is 0.306 e. The number of hydrogen-bond acceptors (Lipinski definition) is 3. The summed E-state index contributed by atoms with van der Waals surface area (Å²) in [5.41, 5.74) is 0. The minimum atomic E-state index is -0.618. The molecule has 0 aromatic carbocycles. The van der Waals surface area contributed by atoms with Crippen molar-refractivity contribution in [3.05, 3.63) is 0 Å². The van der Waals surface area contributed by atoms with E-state index in [1.54, 1.807) is 0 Å². The van der Waals surface area contributed by atoms with Gasteiger partial charge in [-0.25, -0.2) is 0 Å². The summed E-state index contributed by atoms with van der Waals surface area (Å²) < 4.78 is 0. The first kappa shape index (κ1) is 13.8. The van der Waals surface area contributed by atoms with E-state index in [1.807, 2.05) is 11.8 Å². The van der Waals surface area contributed by atoms with E-state index in [4.69, 9.17) is 5.11 Å². The van der Waals surface area contributed by atoms with E-state index in [1.165, 1.54) is 17.9 Å². The fourth-order valence-corrected chi connectivity index (χ4v) is 2.86. The highest BCUT2D eigenvalue weighted by Gasteiger charge is 2.26. The number of carboxylic acids is 1. The maximum atomic E-state index is 10.9. The molecule has 1 fully saturated rings. The van der Waals surface area contributed by atoms with Gasteiger partial charge >= 0.3 is 5.97 Å². The molecule has 2 atom stereocenters. The van der Waals surface area contributed by atoms with Crippen LogP contribution in [0.3, 0.4) is 0 Å². The predicted molar refractivity (Wildman–Crippen MR) is 69.0 cm³/mol. The Hall–Kier alpha value is -0.220. The summed E-state index contributed by atoms with van der Waals surface area (Å²) in [7, 11) is 0. The van der Waals surface area contributed by atoms with Crippen molar-refractivity contribution >= 4 is 17.7 Å². The van der Waals surface area contributed by atoms with E-state index < -0.39 is 5.97 Å². The predicted octanol–water partition coefficient (Wildman–Crippen LogP) is 2.36. The summed E-state index contributed by atoms with van der Waals surface area (Å²) >= 11 is 1.97. The molecule has 0 amide bonds. The standard InChI is InChI=1S/C12H23NO2S/c1-2-16-8-4-7-13-11-6-3-5-10(9-11)12(14)15/h10-11,13H,2-9H2,1H3,(H,14,15). The van der Waals surface area contributed by atoms with E-state index in [0.29, 0.717) is 6.04 Å². The normalized spacial score (nSPS) is 25.6. The van der Waals surface area contributed by atoms with Crippen LogP contribution in [0.4, 0.5) is 0 Å². The third kappa shape index (κ3) is 5.21. The van der Waals surface area contributed by atoms with Crippen LogP contribution in [0.1, 0.15) is 39.0 Å². The zero-order valence-corrected chi connectivity index (χ0v) is 10.9. The van der Waals surface area contributed by atoms with E-state index in [0.717, 1.165) is 32.2 Å². The van der Waals surface area contributed by atoms with Crippen molar-refractivity contribution in [1.29, 1.82) is 0 Å². The van der Waals surface area contributed by atoms with Crippen molar-refractivity contribution in [3.63, 3.8) is 0 Å². The average Bonchev–Trinajstić information content (AvgIpc) is 2.29. The van der Waals surface area contributed by atoms with Crippen LogP contribution < -0.4 is 5.32 Å². The Morgan fingerprint density at radius 3 is 3.00 bits per heavy atom. The van der Waals surface area contributed by atoms with E-state index >= 15 is 0 Å². The van der Waals surface area contributed by atoms with Crippen molar-refractivity contribution in [1.82, 2.24) is 5.32 Å². The van der Waals surface area contributed by atoms with Gasteiger partial charge in [-0.1, -0.05) is 13.3 Å². The van der Waals surface area contributed by atoms with Gasteiger partial charge in [0.25, 0.3) is 0 Å². The van der Waals surface area contributed by atoms with Gasteiger partial charge in [0.15, 0.2) is 0 Å². The van der Waals surface area contributed by atoms with Crippen LogP contribution in [0.2, 0.25) is 0 Å². The molecule has 0 aromatic heterocycles. The first-order chi connectivity index (χ1) is 7.74. The lowest BCUT2D eigenvalue weighted by molar-refractivity contribution is -0.143. The van der Waals surface area contributed by atoms with Gasteiger partial charge in [0.05, 0.1) is 5.92 Å². The van der Waals surface area contributed by atoms with E-state index in [9.17, 15) is 4.79 Å². The summed E-state index contributed by atoms with van der Waals surface area (Å²) in [5.74, 6) is 1.66. The number of hydrogen-bond donors (Lipinski definition) is 2. The van der Waals surface area contributed by atoms with Crippen LogP contribution >= 0.6 is 11.8 Å². The first-order valence-electron chi connectivity index (χ1n) is 6.28. The molecular formula is C12H23NO2S. The molecule has 94 valence electrons. The summed E-state index contributed by atoms with van der Waals surface area (Å²) in [5, 5.41) is 12.5. The number of thioether (sulfide) groups is 1. The minimum absolute atomic E-state index is 0.115. The highest BCUT2D eigenvalue weighted by Crippen LogP contribution is 2.24. The van der Waals surface area contributed by atoms with Gasteiger partial charge < -0.3 is 10.4 Å². The lowest BCUT2D eigenvalue weighted by Gasteiger charge is -2.27. The quantitative estimate of drug-likeness (QED) is 0.676. The van der Waals surface area contributed by atoms with Crippen molar-refractivity contribution in [3.8, 4) is 0 Å². The van der Waals surface area contributed by atoms with Crippen LogP contribution in [0, 0.1) is 5.92 Å². The fraction of sp³-hybridized carbons (Fsp3) is 0.917. The van der Waals surface area contributed by atoms with Gasteiger partial charge in [-0.05, 0) is 43.7 Å². The third-order valence-electron chi connectivity index (χ3n) is 3.13. The second-order valence-corrected chi connectivity index (χ2v) is 5.80. The van der Waals surface area contributed by atoms with E-state index in [2.05, 4.69) is 12.2 Å². The number of nitrogens with one attached hydrogen (secondary N) is 1. The molecule has 2 unspecified atom stereocenters. The van der Waals surface area contributed by atoms with Crippen molar-refractivity contribution in [2.24, 2.45) is 5.92 Å². The number of carboxylic acid groups (broad SMARTS) is 1. The average molecular weight is 245 g/mol. The van der Waals surface area contributed by atoms with Gasteiger partial charge in [-0.3, -0.25) is 4.79 Å². The van der Waals surface area contributed by atoms with Crippen molar-refractivity contribution in [2.75, 3.05) is 18.1 Å². The summed E-state index contributed by atoms with van der Waals surface area (Å²) in [6.45, 7) is 3.21. The van der Waals surface area contributed by atoms with Crippen LogP contribution in [0.5, 0.6) is 0 Å². The number of carbonyl (C=O) groups is 1. The Balaban J connectivity index is 2.10. The van der Waals surface area contributed by atoms with Crippen LogP contribution in [0.15, 0.2) is 0 Å². The molecule has 1 saturated carbocycles. The monoisotopic (exact) mass is 245 g/mol. The van der Waals surface area contributed by atoms with Gasteiger partial charge in [-0.2, -0.15) is 11.8 Å². The van der Waals surface area contributed by atoms with Crippen LogP contribution in [0.25, 0.3) is 0 Å². The molecule has 1 rings (SSSR count). The van der Waals surface area contributed by atoms with Gasteiger partial charge in [0.2, 0.25) is 0 Å². The highest BCUT2D eigenvalue weighted by atomic mass is 32.2. The van der Waals surface area contributed by atoms with Gasteiger partial charge in [0, 0.05) is 6.04 Å². The number of rotatable bonds is 7. The second kappa shape index (κ2) is 7.96. The van der Waals surface area contributed by atoms with Crippen molar-refractivity contribution < 1.29 is 9.90 Å². The SMILES string of the molecule is CCSCCCNC1CCCC(C(=O)O)C1. The summed E-state index contributed by atoms with van der Waals surface area (Å²) in [6, 6.07) is 0.432. The molecule has 0 heterocycles. The Morgan fingerprint density at radius 2 is 2.31 bits per heavy atom. The van der Waals surface area contributed by atoms with Crippen LogP contribution in [-0.2, 0) is 4.79 Å². The minimum Gasteiger partial charge on any atom is -0.481 e. The molecule has 0 spiro atoms. The zero-order valence-electron chi connectivity index (χ0n) is 10.1. The highest BCUT2D eigenvalue weighted by molar-refractivity contribution is 7.99. The van der Waals surface area contributed by atoms with Crippen molar-refractivity contribution in [2.45, 2.75) is 45.1 Å². The Labute approximate surface area is 102 Å². The topological polar surface area (TPSA) is 49.3 Å². The fourth-order valence-electron chi connectivity index (χ4n) is 2.22. The first-order valence-corrected chi connectivity index (χ1v) is 7.43. The Bertz CT molecular complexity index is 211. The molecule has 0 bridgehead atoms. The molecule has 1 aliphatic carbocycles. The molecule has 4 heteroatoms. The third-order valence-corrected chi connectivity index (χ3v) is 4.11. The molecule has 2 N–H and O–H groups in total. The molecule has 3 nitrogen and oxygen atoms in total.